The van der Waals surface area contributed by atoms with Crippen LogP contribution in [0.25, 0.3) is 22.0 Å². The van der Waals surface area contributed by atoms with E-state index in [1.165, 1.54) is 16.7 Å². The van der Waals surface area contributed by atoms with Gasteiger partial charge in [-0.15, -0.1) is 0 Å². The van der Waals surface area contributed by atoms with Gasteiger partial charge < -0.3 is 20.2 Å². The molecule has 5 rings (SSSR count). The summed E-state index contributed by atoms with van der Waals surface area (Å²) in [5, 5.41) is 0.647. The van der Waals surface area contributed by atoms with Gasteiger partial charge in [-0.05, 0) is 48.4 Å². The van der Waals surface area contributed by atoms with Gasteiger partial charge in [0.05, 0.1) is 6.61 Å². The Labute approximate surface area is 218 Å². The topological polar surface area (TPSA) is 140 Å². The Morgan fingerprint density at radius 1 is 1.24 bits per heavy atom. The van der Waals surface area contributed by atoms with Gasteiger partial charge in [0.2, 0.25) is 10.0 Å². The number of aromatic nitrogens is 3. The summed E-state index contributed by atoms with van der Waals surface area (Å²) in [4.78, 5) is 22.8. The van der Waals surface area contributed by atoms with Crippen molar-refractivity contribution in [3.05, 3.63) is 71.4 Å². The predicted molar refractivity (Wildman–Crippen MR) is 138 cm³/mol. The summed E-state index contributed by atoms with van der Waals surface area (Å²) < 4.78 is 40.4. The van der Waals surface area contributed by atoms with Crippen LogP contribution < -0.4 is 10.5 Å². The van der Waals surface area contributed by atoms with E-state index in [1.54, 1.807) is 24.5 Å². The minimum Gasteiger partial charge on any atom is -0.491 e. The number of amides is 1. The number of carbonyl (C=O) groups excluding carboxylic acids is 1. The molecule has 1 atom stereocenters. The number of morpholine rings is 1. The second-order valence-corrected chi connectivity index (χ2v) is 11.0. The number of ether oxygens (including phenoxy) is 2. The minimum absolute atomic E-state index is 0.0478. The van der Waals surface area contributed by atoms with E-state index in [1.807, 2.05) is 25.1 Å². The van der Waals surface area contributed by atoms with Crippen molar-refractivity contribution in [1.82, 2.24) is 19.3 Å². The smallest absolute Gasteiger partial charge is 0.266 e. The lowest BCUT2D eigenvalue weighted by Gasteiger charge is -2.32. The van der Waals surface area contributed by atoms with Crippen LogP contribution in [0, 0.1) is 6.92 Å². The number of hydrogen-bond donors (Lipinski definition) is 2. The lowest BCUT2D eigenvalue weighted by Crippen LogP contribution is -2.47. The fourth-order valence-electron chi connectivity index (χ4n) is 4.40. The lowest BCUT2D eigenvalue weighted by molar-refractivity contribution is -0.0249. The Morgan fingerprint density at radius 2 is 2.03 bits per heavy atom. The molecular formula is C25H24ClN5O5S. The molecule has 2 aromatic carbocycles. The second kappa shape index (κ2) is 10.1. The number of aromatic amines is 1. The molecule has 0 aliphatic carbocycles. The summed E-state index contributed by atoms with van der Waals surface area (Å²) in [7, 11) is -4.10. The van der Waals surface area contributed by atoms with Crippen molar-refractivity contribution >= 4 is 38.4 Å². The molecule has 0 spiro atoms. The summed E-state index contributed by atoms with van der Waals surface area (Å²) in [5.41, 5.74) is 8.64. The van der Waals surface area contributed by atoms with Crippen LogP contribution in [0.3, 0.4) is 0 Å². The first-order chi connectivity index (χ1) is 17.7. The van der Waals surface area contributed by atoms with Gasteiger partial charge in [0.15, 0.2) is 0 Å². The standard InChI is InChI=1S/C25H24ClN5O5S/c1-15-8-18(3-4-20(15)16-10-28-14-29-11-16)36-13-19-12-31(6-7-35-19)37(33,34)24-21-9-17(26)2-5-22(21)30-23(24)25(27)32/h2-5,8-11,14,19,30H,6-7,12-13H2,1H3,(H2,27,32)/t19-/m0/s1. The van der Waals surface area contributed by atoms with Crippen LogP contribution in [-0.4, -0.2) is 66.0 Å². The molecule has 2 aromatic heterocycles. The van der Waals surface area contributed by atoms with Gasteiger partial charge in [0.25, 0.3) is 5.91 Å². The lowest BCUT2D eigenvalue weighted by atomic mass is 10.0. The predicted octanol–water partition coefficient (Wildman–Crippen LogP) is 3.15. The van der Waals surface area contributed by atoms with E-state index in [9.17, 15) is 13.2 Å². The third-order valence-corrected chi connectivity index (χ3v) is 8.35. The maximum atomic E-state index is 13.7. The monoisotopic (exact) mass is 541 g/mol. The Kier molecular flexibility index (Phi) is 6.86. The van der Waals surface area contributed by atoms with Crippen LogP contribution in [0.15, 0.2) is 60.0 Å². The average Bonchev–Trinajstić information content (AvgIpc) is 3.28. The minimum atomic E-state index is -4.10. The fraction of sp³-hybridized carbons (Fsp3) is 0.240. The zero-order chi connectivity index (χ0) is 26.2. The van der Waals surface area contributed by atoms with E-state index in [2.05, 4.69) is 15.0 Å². The summed E-state index contributed by atoms with van der Waals surface area (Å²) in [6, 6.07) is 10.4. The zero-order valence-electron chi connectivity index (χ0n) is 19.8. The quantitative estimate of drug-likeness (QED) is 0.366. The molecular weight excluding hydrogens is 518 g/mol. The number of sulfonamides is 1. The first-order valence-electron chi connectivity index (χ1n) is 11.5. The molecule has 12 heteroatoms. The number of nitrogens with two attached hydrogens (primary N) is 1. The molecule has 1 fully saturated rings. The normalized spacial score (nSPS) is 16.6. The maximum absolute atomic E-state index is 13.7. The number of aryl methyl sites for hydroxylation is 1. The average molecular weight is 542 g/mol. The highest BCUT2D eigenvalue weighted by Crippen LogP contribution is 2.32. The molecule has 1 saturated heterocycles. The highest BCUT2D eigenvalue weighted by Gasteiger charge is 2.36. The molecule has 1 aliphatic heterocycles. The van der Waals surface area contributed by atoms with E-state index in [0.717, 1.165) is 16.7 Å². The summed E-state index contributed by atoms with van der Waals surface area (Å²) >= 11 is 6.11. The van der Waals surface area contributed by atoms with E-state index in [-0.39, 0.29) is 36.9 Å². The van der Waals surface area contributed by atoms with E-state index >= 15 is 0 Å². The number of rotatable bonds is 7. The number of hydrogen-bond acceptors (Lipinski definition) is 7. The van der Waals surface area contributed by atoms with Gasteiger partial charge in [-0.1, -0.05) is 17.7 Å². The molecule has 0 unspecified atom stereocenters. The van der Waals surface area contributed by atoms with Gasteiger partial charge in [-0.2, -0.15) is 4.31 Å². The highest BCUT2D eigenvalue weighted by molar-refractivity contribution is 7.89. The van der Waals surface area contributed by atoms with Crippen molar-refractivity contribution in [2.75, 3.05) is 26.3 Å². The van der Waals surface area contributed by atoms with Crippen LogP contribution in [-0.2, 0) is 14.8 Å². The number of halogens is 1. The number of fused-ring (bicyclic) bond motifs is 1. The van der Waals surface area contributed by atoms with E-state index < -0.39 is 22.0 Å². The molecule has 1 amide bonds. The third-order valence-electron chi connectivity index (χ3n) is 6.16. The third kappa shape index (κ3) is 5.03. The van der Waals surface area contributed by atoms with Crippen molar-refractivity contribution in [3.8, 4) is 16.9 Å². The number of carbonyl (C=O) groups is 1. The molecule has 37 heavy (non-hydrogen) atoms. The van der Waals surface area contributed by atoms with E-state index in [0.29, 0.717) is 21.7 Å². The van der Waals surface area contributed by atoms with Crippen molar-refractivity contribution in [1.29, 1.82) is 0 Å². The van der Waals surface area contributed by atoms with Crippen LogP contribution >= 0.6 is 11.6 Å². The molecule has 10 nitrogen and oxygen atoms in total. The van der Waals surface area contributed by atoms with Gasteiger partial charge >= 0.3 is 0 Å². The SMILES string of the molecule is Cc1cc(OC[C@@H]2CN(S(=O)(=O)c3c(C(N)=O)[nH]c4ccc(Cl)cc34)CCO2)ccc1-c1cncnc1. The number of benzene rings is 2. The van der Waals surface area contributed by atoms with Crippen LogP contribution in [0.2, 0.25) is 5.02 Å². The largest absolute Gasteiger partial charge is 0.491 e. The molecule has 4 aromatic rings. The number of primary amides is 1. The Hall–Kier alpha value is -3.51. The Balaban J connectivity index is 1.33. The number of nitrogens with one attached hydrogen (secondary N) is 1. The van der Waals surface area contributed by atoms with Crippen molar-refractivity contribution in [2.45, 2.75) is 17.9 Å². The number of nitrogens with zero attached hydrogens (tertiary/aromatic N) is 3. The molecule has 0 saturated carbocycles. The van der Waals surface area contributed by atoms with Crippen molar-refractivity contribution in [2.24, 2.45) is 5.73 Å². The van der Waals surface area contributed by atoms with Gasteiger partial charge in [0.1, 0.15) is 35.4 Å². The molecule has 3 N–H and O–H groups in total. The Bertz CT molecular complexity index is 1580. The highest BCUT2D eigenvalue weighted by atomic mass is 35.5. The number of H-pyrrole nitrogens is 1. The second-order valence-electron chi connectivity index (χ2n) is 8.65. The van der Waals surface area contributed by atoms with Crippen LogP contribution in [0.1, 0.15) is 16.1 Å². The first-order valence-corrected chi connectivity index (χ1v) is 13.3. The summed E-state index contributed by atoms with van der Waals surface area (Å²) in [5.74, 6) is -0.246. The summed E-state index contributed by atoms with van der Waals surface area (Å²) in [6.45, 7) is 2.45. The van der Waals surface area contributed by atoms with E-state index in [4.69, 9.17) is 26.8 Å². The fourth-order valence-corrected chi connectivity index (χ4v) is 6.36. The molecule has 3 heterocycles. The molecule has 192 valence electrons. The van der Waals surface area contributed by atoms with Gasteiger partial charge in [-0.3, -0.25) is 4.79 Å². The van der Waals surface area contributed by atoms with Gasteiger partial charge in [0, 0.05) is 47.0 Å². The molecule has 0 bridgehead atoms. The van der Waals surface area contributed by atoms with Crippen LogP contribution in [0.5, 0.6) is 5.75 Å². The van der Waals surface area contributed by atoms with Gasteiger partial charge in [-0.25, -0.2) is 18.4 Å². The molecule has 1 aliphatic rings. The van der Waals surface area contributed by atoms with Crippen LogP contribution in [0.4, 0.5) is 0 Å². The Morgan fingerprint density at radius 3 is 2.76 bits per heavy atom. The molecule has 0 radical (unpaired) electrons. The summed E-state index contributed by atoms with van der Waals surface area (Å²) in [6.07, 6.45) is 4.45. The first kappa shape index (κ1) is 25.2. The van der Waals surface area contributed by atoms with Crippen molar-refractivity contribution in [3.63, 3.8) is 0 Å². The maximum Gasteiger partial charge on any atom is 0.266 e. The zero-order valence-corrected chi connectivity index (χ0v) is 21.4. The van der Waals surface area contributed by atoms with Crippen molar-refractivity contribution < 1.29 is 22.7 Å².